The highest BCUT2D eigenvalue weighted by Crippen LogP contribution is 2.54. The Kier molecular flexibility index (Phi) is 9.13. The summed E-state index contributed by atoms with van der Waals surface area (Å²) in [5.41, 5.74) is 5.94. The minimum Gasteiger partial charge on any atom is -0.486 e. The Bertz CT molecular complexity index is 2410. The summed E-state index contributed by atoms with van der Waals surface area (Å²) in [5, 5.41) is 16.4. The van der Waals surface area contributed by atoms with Crippen molar-refractivity contribution in [3.63, 3.8) is 0 Å². The lowest BCUT2D eigenvalue weighted by atomic mass is 9.88. The summed E-state index contributed by atoms with van der Waals surface area (Å²) in [5.74, 6) is 3.77. The van der Waals surface area contributed by atoms with Gasteiger partial charge in [-0.05, 0) is 86.3 Å². The lowest BCUT2D eigenvalue weighted by Gasteiger charge is -2.34. The molecule has 0 spiro atoms. The van der Waals surface area contributed by atoms with Gasteiger partial charge >= 0.3 is 12.1 Å². The number of piperazine rings is 1. The summed E-state index contributed by atoms with van der Waals surface area (Å²) in [6.07, 6.45) is 13.1. The number of likely N-dealkylation sites (tertiary alicyclic amines) is 1. The normalized spacial score (nSPS) is 22.4. The summed E-state index contributed by atoms with van der Waals surface area (Å²) in [7, 11) is 0. The second-order valence-electron chi connectivity index (χ2n) is 16.1. The lowest BCUT2D eigenvalue weighted by Crippen LogP contribution is -2.48. The van der Waals surface area contributed by atoms with E-state index >= 15 is 4.39 Å². The van der Waals surface area contributed by atoms with Gasteiger partial charge in [0.2, 0.25) is 0 Å². The smallest absolute Gasteiger partial charge is 0.407 e. The first kappa shape index (κ1) is 35.9. The van der Waals surface area contributed by atoms with Crippen molar-refractivity contribution < 1.29 is 33.2 Å². The SMILES string of the molecule is C#Cc1ccc(COc2c(-c3c(C)c(F)cc4c3cnn4C3CCCCO3)c(C3CC3)cc3c(N4CC5CC4CN5C(=O)O)nc(OC4CCOCC4)nc23)cc1. The quantitative estimate of drug-likeness (QED) is 0.149. The van der Waals surface area contributed by atoms with Crippen LogP contribution in [0.4, 0.5) is 15.0 Å². The van der Waals surface area contributed by atoms with Gasteiger partial charge in [0.1, 0.15) is 29.9 Å². The summed E-state index contributed by atoms with van der Waals surface area (Å²) < 4.78 is 43.7. The number of rotatable bonds is 9. The highest BCUT2D eigenvalue weighted by atomic mass is 19.1. The number of ether oxygens (including phenoxy) is 4. The number of carbonyl (C=O) groups is 1. The van der Waals surface area contributed by atoms with Crippen LogP contribution in [0.3, 0.4) is 0 Å². The van der Waals surface area contributed by atoms with E-state index in [1.165, 1.54) is 4.90 Å². The molecule has 4 saturated heterocycles. The largest absolute Gasteiger partial charge is 0.486 e. The molecule has 1 saturated carbocycles. The number of hydrogen-bond acceptors (Lipinski definition) is 9. The fourth-order valence-electron chi connectivity index (χ4n) is 9.29. The third kappa shape index (κ3) is 6.48. The topological polar surface area (TPSA) is 124 Å². The lowest BCUT2D eigenvalue weighted by molar-refractivity contribution is -0.0366. The molecule has 4 aliphatic heterocycles. The van der Waals surface area contributed by atoms with Gasteiger partial charge in [-0.1, -0.05) is 18.1 Å². The van der Waals surface area contributed by atoms with Crippen molar-refractivity contribution in [3.8, 4) is 35.2 Å². The van der Waals surface area contributed by atoms with Crippen LogP contribution in [-0.4, -0.2) is 86.9 Å². The Labute approximate surface area is 329 Å². The molecule has 0 radical (unpaired) electrons. The minimum atomic E-state index is -0.903. The van der Waals surface area contributed by atoms with E-state index in [1.807, 2.05) is 42.1 Å². The summed E-state index contributed by atoms with van der Waals surface area (Å²) in [4.78, 5) is 26.2. The molecule has 2 aromatic heterocycles. The molecule has 5 aliphatic rings. The number of terminal acetylenes is 1. The van der Waals surface area contributed by atoms with Gasteiger partial charge in [-0.15, -0.1) is 6.42 Å². The first-order valence-electron chi connectivity index (χ1n) is 20.2. The first-order chi connectivity index (χ1) is 27.8. The molecule has 294 valence electrons. The molecule has 3 unspecified atom stereocenters. The maximum Gasteiger partial charge on any atom is 0.407 e. The molecule has 13 heteroatoms. The predicted octanol–water partition coefficient (Wildman–Crippen LogP) is 7.73. The number of amides is 1. The third-order valence-electron chi connectivity index (χ3n) is 12.4. The van der Waals surface area contributed by atoms with Crippen LogP contribution in [-0.2, 0) is 16.1 Å². The Hall–Kier alpha value is -5.45. The van der Waals surface area contributed by atoms with Crippen molar-refractivity contribution in [1.82, 2.24) is 24.6 Å². The van der Waals surface area contributed by atoms with Crippen LogP contribution in [0, 0.1) is 25.1 Å². The number of fused-ring (bicyclic) bond motifs is 4. The van der Waals surface area contributed by atoms with Crippen molar-refractivity contribution >= 4 is 33.7 Å². The van der Waals surface area contributed by atoms with Crippen molar-refractivity contribution in [2.24, 2.45) is 0 Å². The molecule has 1 N–H and O–H groups in total. The Morgan fingerprint density at radius 1 is 1.00 bits per heavy atom. The van der Waals surface area contributed by atoms with Crippen LogP contribution < -0.4 is 14.4 Å². The van der Waals surface area contributed by atoms with Crippen LogP contribution >= 0.6 is 0 Å². The Morgan fingerprint density at radius 2 is 1.82 bits per heavy atom. The zero-order valence-corrected chi connectivity index (χ0v) is 32.0. The molecule has 1 aliphatic carbocycles. The molecular weight excluding hydrogens is 728 g/mol. The fraction of sp³-hybridized carbons (Fsp3) is 0.455. The van der Waals surface area contributed by atoms with E-state index in [1.54, 1.807) is 6.07 Å². The van der Waals surface area contributed by atoms with Gasteiger partial charge in [0.25, 0.3) is 0 Å². The molecule has 2 bridgehead atoms. The number of carboxylic acid groups (broad SMARTS) is 1. The average Bonchev–Trinajstić information content (AvgIpc) is 3.67. The van der Waals surface area contributed by atoms with Crippen molar-refractivity contribution in [2.75, 3.05) is 37.8 Å². The van der Waals surface area contributed by atoms with Crippen molar-refractivity contribution in [3.05, 3.63) is 70.7 Å². The molecule has 6 heterocycles. The van der Waals surface area contributed by atoms with E-state index in [0.29, 0.717) is 80.3 Å². The van der Waals surface area contributed by atoms with Crippen LogP contribution in [0.1, 0.15) is 85.8 Å². The van der Waals surface area contributed by atoms with Crippen LogP contribution in [0.25, 0.3) is 32.9 Å². The van der Waals surface area contributed by atoms with Crippen molar-refractivity contribution in [1.29, 1.82) is 0 Å². The van der Waals surface area contributed by atoms with E-state index in [0.717, 1.165) is 70.7 Å². The molecule has 3 aromatic carbocycles. The number of benzene rings is 3. The molecule has 3 atom stereocenters. The van der Waals surface area contributed by atoms with E-state index in [-0.39, 0.29) is 48.8 Å². The second-order valence-corrected chi connectivity index (χ2v) is 16.1. The maximum atomic E-state index is 16.5. The molecule has 1 amide bonds. The number of hydrogen-bond donors (Lipinski definition) is 1. The van der Waals surface area contributed by atoms with Gasteiger partial charge < -0.3 is 33.9 Å². The Morgan fingerprint density at radius 3 is 2.53 bits per heavy atom. The predicted molar refractivity (Wildman–Crippen MR) is 211 cm³/mol. The van der Waals surface area contributed by atoms with Gasteiger partial charge in [-0.25, -0.2) is 13.9 Å². The van der Waals surface area contributed by atoms with Crippen LogP contribution in [0.2, 0.25) is 0 Å². The molecule has 10 rings (SSSR count). The minimum absolute atomic E-state index is 0.0545. The zero-order chi connectivity index (χ0) is 38.8. The summed E-state index contributed by atoms with van der Waals surface area (Å²) in [6, 6.07) is 11.5. The number of halogens is 1. The molecule has 5 fully saturated rings. The van der Waals surface area contributed by atoms with Crippen LogP contribution in [0.15, 0.2) is 42.6 Å². The van der Waals surface area contributed by atoms with Gasteiger partial charge in [0.15, 0.2) is 12.0 Å². The van der Waals surface area contributed by atoms with Crippen molar-refractivity contribution in [2.45, 2.75) is 95.2 Å². The number of anilines is 1. The highest BCUT2D eigenvalue weighted by molar-refractivity contribution is 6.06. The summed E-state index contributed by atoms with van der Waals surface area (Å²) >= 11 is 0. The standard InChI is InChI=1S/C44H45FN6O6/c1-3-26-7-9-27(10-8-26)24-56-41-39(38-25(2)35(45)20-36-34(38)21-46-51(36)37-6-4-5-15-55-37)32(28-11-12-28)19-33-40(41)47-43(57-31-13-16-54-17-14-31)48-42(33)49-22-30-18-29(49)23-50(30)44(52)53/h1,7-10,19-21,28-31,37H,4-6,11-18,22-24H2,2H3,(H,52,53). The van der Waals surface area contributed by atoms with E-state index in [2.05, 4.69) is 16.9 Å². The highest BCUT2D eigenvalue weighted by Gasteiger charge is 2.47. The maximum absolute atomic E-state index is 16.5. The van der Waals surface area contributed by atoms with Gasteiger partial charge in [0.05, 0.1) is 37.0 Å². The fourth-order valence-corrected chi connectivity index (χ4v) is 9.29. The first-order valence-corrected chi connectivity index (χ1v) is 20.2. The van der Waals surface area contributed by atoms with E-state index in [4.69, 9.17) is 40.4 Å². The number of nitrogens with zero attached hydrogens (tertiary/aromatic N) is 6. The van der Waals surface area contributed by atoms with Gasteiger partial charge in [0, 0.05) is 66.1 Å². The Balaban J connectivity index is 1.21. The summed E-state index contributed by atoms with van der Waals surface area (Å²) in [6.45, 7) is 4.72. The molecule has 5 aromatic rings. The average molecular weight is 773 g/mol. The second kappa shape index (κ2) is 14.5. The van der Waals surface area contributed by atoms with Gasteiger partial charge in [-0.3, -0.25) is 0 Å². The van der Waals surface area contributed by atoms with E-state index < -0.39 is 6.09 Å². The number of aromatic nitrogens is 4. The zero-order valence-electron chi connectivity index (χ0n) is 32.0. The van der Waals surface area contributed by atoms with E-state index in [9.17, 15) is 9.90 Å². The van der Waals surface area contributed by atoms with Crippen LogP contribution in [0.5, 0.6) is 11.8 Å². The molecule has 12 nitrogen and oxygen atoms in total. The molecular formula is C44H45FN6O6. The monoisotopic (exact) mass is 772 g/mol. The third-order valence-corrected chi connectivity index (χ3v) is 12.4. The van der Waals surface area contributed by atoms with Gasteiger partial charge in [-0.2, -0.15) is 15.1 Å². The molecule has 57 heavy (non-hydrogen) atoms.